The first-order chi connectivity index (χ1) is 13.6. The van der Waals surface area contributed by atoms with E-state index in [2.05, 4.69) is 6.92 Å². The van der Waals surface area contributed by atoms with E-state index in [0.29, 0.717) is 17.9 Å². The van der Waals surface area contributed by atoms with Gasteiger partial charge in [-0.15, -0.1) is 0 Å². The zero-order chi connectivity index (χ0) is 20.2. The fourth-order valence-electron chi connectivity index (χ4n) is 2.39. The smallest absolute Gasteiger partial charge is 0.338 e. The Labute approximate surface area is 165 Å². The van der Waals surface area contributed by atoms with E-state index >= 15 is 0 Å². The van der Waals surface area contributed by atoms with E-state index < -0.39 is 5.97 Å². The van der Waals surface area contributed by atoms with Gasteiger partial charge in [0.1, 0.15) is 11.5 Å². The molecule has 0 aliphatic heterocycles. The average molecular weight is 381 g/mol. The van der Waals surface area contributed by atoms with Gasteiger partial charge in [-0.05, 0) is 54.5 Å². The Morgan fingerprint density at radius 2 is 1.61 bits per heavy atom. The van der Waals surface area contributed by atoms with E-state index in [1.807, 2.05) is 24.3 Å². The number of esters is 2. The molecule has 0 atom stereocenters. The Morgan fingerprint density at radius 3 is 2.25 bits per heavy atom. The maximum absolute atomic E-state index is 12.0. The summed E-state index contributed by atoms with van der Waals surface area (Å²) in [6.45, 7) is 4.17. The van der Waals surface area contributed by atoms with Crippen LogP contribution in [0.5, 0.6) is 11.5 Å². The first-order valence-corrected chi connectivity index (χ1v) is 9.23. The van der Waals surface area contributed by atoms with Crippen molar-refractivity contribution in [3.8, 4) is 11.5 Å². The predicted molar refractivity (Wildman–Crippen MR) is 108 cm³/mol. The second-order valence-corrected chi connectivity index (χ2v) is 6.10. The van der Waals surface area contributed by atoms with Gasteiger partial charge in [0.2, 0.25) is 0 Å². The lowest BCUT2D eigenvalue weighted by molar-refractivity contribution is -0.128. The van der Waals surface area contributed by atoms with Crippen LogP contribution in [0.3, 0.4) is 0 Å². The number of hydrogen-bond donors (Lipinski definition) is 0. The summed E-state index contributed by atoms with van der Waals surface area (Å²) in [6, 6.07) is 13.6. The minimum absolute atomic E-state index is 0.358. The highest BCUT2D eigenvalue weighted by Crippen LogP contribution is 2.15. The van der Waals surface area contributed by atoms with Crippen LogP contribution in [0.25, 0.3) is 6.08 Å². The standard InChI is InChI=1S/C23H25O5/c1-3-4-5-6-17-27-23(25)19-10-14-21(15-11-19)28-22(24)16-9-18-7-12-20(26-2)13-8-18/h7-16H,1,3-6,17H2,2H3. The molecule has 0 spiro atoms. The van der Waals surface area contributed by atoms with Crippen LogP contribution in [-0.4, -0.2) is 25.7 Å². The fourth-order valence-corrected chi connectivity index (χ4v) is 2.39. The largest absolute Gasteiger partial charge is 0.497 e. The minimum atomic E-state index is -0.503. The molecule has 0 saturated heterocycles. The molecule has 2 aromatic rings. The zero-order valence-electron chi connectivity index (χ0n) is 16.1. The number of hydrogen-bond acceptors (Lipinski definition) is 5. The minimum Gasteiger partial charge on any atom is -0.497 e. The van der Waals surface area contributed by atoms with Crippen molar-refractivity contribution < 1.29 is 23.8 Å². The molecule has 147 valence electrons. The molecule has 0 amide bonds. The summed E-state index contributed by atoms with van der Waals surface area (Å²) in [5.41, 5.74) is 1.27. The van der Waals surface area contributed by atoms with E-state index in [0.717, 1.165) is 37.0 Å². The normalized spacial score (nSPS) is 10.6. The molecular weight excluding hydrogens is 356 g/mol. The molecule has 2 aromatic carbocycles. The SMILES string of the molecule is [CH2]CCCCCOC(=O)c1ccc(OC(=O)C=Cc2ccc(OC)cc2)cc1. The lowest BCUT2D eigenvalue weighted by Gasteiger charge is -2.06. The Hall–Kier alpha value is -3.08. The number of methoxy groups -OCH3 is 1. The van der Waals surface area contributed by atoms with Crippen LogP contribution in [0.15, 0.2) is 54.6 Å². The molecule has 28 heavy (non-hydrogen) atoms. The molecule has 0 N–H and O–H groups in total. The van der Waals surface area contributed by atoms with Crippen LogP contribution in [-0.2, 0) is 9.53 Å². The number of carbonyl (C=O) groups is 2. The predicted octanol–water partition coefficient (Wildman–Crippen LogP) is 4.87. The van der Waals surface area contributed by atoms with Gasteiger partial charge in [0.05, 0.1) is 19.3 Å². The molecule has 0 aromatic heterocycles. The molecule has 0 aliphatic rings. The van der Waals surface area contributed by atoms with Crippen LogP contribution in [0.4, 0.5) is 0 Å². The van der Waals surface area contributed by atoms with Gasteiger partial charge >= 0.3 is 11.9 Å². The van der Waals surface area contributed by atoms with E-state index in [-0.39, 0.29) is 5.97 Å². The molecule has 0 bridgehead atoms. The van der Waals surface area contributed by atoms with E-state index in [1.54, 1.807) is 37.5 Å². The molecule has 0 heterocycles. The van der Waals surface area contributed by atoms with Gasteiger partial charge in [0, 0.05) is 6.08 Å². The van der Waals surface area contributed by atoms with Crippen LogP contribution >= 0.6 is 0 Å². The summed E-state index contributed by atoms with van der Waals surface area (Å²) in [6.07, 6.45) is 6.75. The van der Waals surface area contributed by atoms with Crippen LogP contribution in [0, 0.1) is 6.92 Å². The number of rotatable bonds is 10. The van der Waals surface area contributed by atoms with Gasteiger partial charge < -0.3 is 14.2 Å². The van der Waals surface area contributed by atoms with Crippen molar-refractivity contribution in [2.45, 2.75) is 25.7 Å². The van der Waals surface area contributed by atoms with Crippen molar-refractivity contribution in [1.82, 2.24) is 0 Å². The molecule has 0 unspecified atom stereocenters. The number of unbranched alkanes of at least 4 members (excludes halogenated alkanes) is 3. The Balaban J connectivity index is 1.81. The van der Waals surface area contributed by atoms with Crippen LogP contribution in [0.1, 0.15) is 41.6 Å². The summed E-state index contributed by atoms with van der Waals surface area (Å²) < 4.78 is 15.5. The van der Waals surface area contributed by atoms with Crippen LogP contribution < -0.4 is 9.47 Å². The quantitative estimate of drug-likeness (QED) is 0.254. The number of benzene rings is 2. The highest BCUT2D eigenvalue weighted by atomic mass is 16.5. The molecular formula is C23H25O5. The van der Waals surface area contributed by atoms with E-state index in [1.165, 1.54) is 6.08 Å². The average Bonchev–Trinajstić information content (AvgIpc) is 2.73. The van der Waals surface area contributed by atoms with Crippen molar-refractivity contribution in [2.75, 3.05) is 13.7 Å². The third-order valence-electron chi connectivity index (χ3n) is 3.96. The van der Waals surface area contributed by atoms with Crippen molar-refractivity contribution in [3.63, 3.8) is 0 Å². The molecule has 0 aliphatic carbocycles. The summed E-state index contributed by atoms with van der Waals surface area (Å²) in [7, 11) is 1.60. The zero-order valence-corrected chi connectivity index (χ0v) is 16.1. The van der Waals surface area contributed by atoms with Gasteiger partial charge in [-0.1, -0.05) is 38.3 Å². The molecule has 0 fully saturated rings. The van der Waals surface area contributed by atoms with Crippen LogP contribution in [0.2, 0.25) is 0 Å². The number of ether oxygens (including phenoxy) is 3. The maximum Gasteiger partial charge on any atom is 0.338 e. The molecule has 5 nitrogen and oxygen atoms in total. The molecule has 1 radical (unpaired) electrons. The Kier molecular flexibility index (Phi) is 8.79. The third kappa shape index (κ3) is 7.27. The lowest BCUT2D eigenvalue weighted by atomic mass is 10.2. The summed E-state index contributed by atoms with van der Waals surface area (Å²) >= 11 is 0. The Morgan fingerprint density at radius 1 is 0.929 bits per heavy atom. The van der Waals surface area contributed by atoms with Gasteiger partial charge in [-0.2, -0.15) is 0 Å². The summed E-state index contributed by atoms with van der Waals surface area (Å²) in [5.74, 6) is 0.219. The Bertz CT molecular complexity index is 776. The summed E-state index contributed by atoms with van der Waals surface area (Å²) in [5, 5.41) is 0. The van der Waals surface area contributed by atoms with Crippen molar-refractivity contribution >= 4 is 18.0 Å². The second-order valence-electron chi connectivity index (χ2n) is 6.10. The molecule has 2 rings (SSSR count). The number of carbonyl (C=O) groups excluding carboxylic acids is 2. The molecule has 5 heteroatoms. The summed E-state index contributed by atoms with van der Waals surface area (Å²) in [4.78, 5) is 23.9. The molecule has 0 saturated carbocycles. The fraction of sp³-hybridized carbons (Fsp3) is 0.261. The second kappa shape index (κ2) is 11.6. The third-order valence-corrected chi connectivity index (χ3v) is 3.96. The monoisotopic (exact) mass is 381 g/mol. The van der Waals surface area contributed by atoms with Gasteiger partial charge in [0.15, 0.2) is 0 Å². The lowest BCUT2D eigenvalue weighted by Crippen LogP contribution is -2.07. The first-order valence-electron chi connectivity index (χ1n) is 9.23. The van der Waals surface area contributed by atoms with Gasteiger partial charge in [-0.3, -0.25) is 0 Å². The van der Waals surface area contributed by atoms with E-state index in [9.17, 15) is 9.59 Å². The highest BCUT2D eigenvalue weighted by molar-refractivity contribution is 5.90. The van der Waals surface area contributed by atoms with Crippen molar-refractivity contribution in [3.05, 3.63) is 72.7 Å². The highest BCUT2D eigenvalue weighted by Gasteiger charge is 2.08. The maximum atomic E-state index is 12.0. The topological polar surface area (TPSA) is 61.8 Å². The van der Waals surface area contributed by atoms with Gasteiger partial charge in [-0.25, -0.2) is 9.59 Å². The van der Waals surface area contributed by atoms with Crippen molar-refractivity contribution in [2.24, 2.45) is 0 Å². The van der Waals surface area contributed by atoms with Gasteiger partial charge in [0.25, 0.3) is 0 Å². The van der Waals surface area contributed by atoms with E-state index in [4.69, 9.17) is 14.2 Å². The van der Waals surface area contributed by atoms with Crippen molar-refractivity contribution in [1.29, 1.82) is 0 Å². The first kappa shape index (κ1) is 21.2.